The Hall–Kier alpha value is -1.56. The van der Waals surface area contributed by atoms with Gasteiger partial charge in [0.2, 0.25) is 0 Å². The van der Waals surface area contributed by atoms with Crippen molar-refractivity contribution >= 4 is 5.91 Å². The molecule has 1 amide bonds. The molecule has 0 unspecified atom stereocenters. The van der Waals surface area contributed by atoms with E-state index in [-0.39, 0.29) is 11.0 Å². The lowest BCUT2D eigenvalue weighted by Gasteiger charge is -2.40. The summed E-state index contributed by atoms with van der Waals surface area (Å²) in [7, 11) is 2.05. The second kappa shape index (κ2) is 5.82. The highest BCUT2D eigenvalue weighted by Crippen LogP contribution is 2.39. The van der Waals surface area contributed by atoms with Gasteiger partial charge in [0.05, 0.1) is 11.1 Å². The summed E-state index contributed by atoms with van der Waals surface area (Å²) in [6, 6.07) is 5.08. The Morgan fingerprint density at radius 3 is 2.52 bits per heavy atom. The van der Waals surface area contributed by atoms with Gasteiger partial charge in [-0.2, -0.15) is 13.2 Å². The van der Waals surface area contributed by atoms with Gasteiger partial charge in [0.15, 0.2) is 0 Å². The predicted molar refractivity (Wildman–Crippen MR) is 81.1 cm³/mol. The SMILES string of the molecule is CN1CC[C@@]2(CCCN(C(=O)c3ccccc3C(F)(F)F)C2)C1. The molecule has 1 atom stereocenters. The van der Waals surface area contributed by atoms with E-state index in [0.29, 0.717) is 13.1 Å². The van der Waals surface area contributed by atoms with Crippen LogP contribution in [0.2, 0.25) is 0 Å². The molecular weight excluding hydrogens is 305 g/mol. The van der Waals surface area contributed by atoms with E-state index >= 15 is 0 Å². The second-order valence-corrected chi connectivity index (χ2v) is 6.86. The van der Waals surface area contributed by atoms with E-state index < -0.39 is 17.6 Å². The number of carbonyl (C=O) groups excluding carboxylic acids is 1. The topological polar surface area (TPSA) is 23.6 Å². The maximum absolute atomic E-state index is 13.1. The molecule has 0 radical (unpaired) electrons. The van der Waals surface area contributed by atoms with Crippen molar-refractivity contribution in [1.82, 2.24) is 9.80 Å². The number of hydrogen-bond donors (Lipinski definition) is 0. The fourth-order valence-corrected chi connectivity index (χ4v) is 3.96. The number of rotatable bonds is 1. The lowest BCUT2D eigenvalue weighted by atomic mass is 9.79. The van der Waals surface area contributed by atoms with E-state index in [9.17, 15) is 18.0 Å². The summed E-state index contributed by atoms with van der Waals surface area (Å²) in [5.41, 5.74) is -1.02. The third-order valence-electron chi connectivity index (χ3n) is 5.04. The van der Waals surface area contributed by atoms with Crippen molar-refractivity contribution in [2.75, 3.05) is 33.2 Å². The molecule has 2 saturated heterocycles. The van der Waals surface area contributed by atoms with Crippen LogP contribution < -0.4 is 0 Å². The predicted octanol–water partition coefficient (Wildman–Crippen LogP) is 3.26. The standard InChI is InChI=1S/C17H21F3N2O/c1-21-10-8-16(11-21)7-4-9-22(12-16)15(23)13-5-2-3-6-14(13)17(18,19)20/h2-3,5-6H,4,7-12H2,1H3/t16-/m0/s1. The van der Waals surface area contributed by atoms with Gasteiger partial charge >= 0.3 is 6.18 Å². The van der Waals surface area contributed by atoms with Crippen LogP contribution in [-0.2, 0) is 6.18 Å². The largest absolute Gasteiger partial charge is 0.417 e. The third kappa shape index (κ3) is 3.22. The highest BCUT2D eigenvalue weighted by Gasteiger charge is 2.43. The van der Waals surface area contributed by atoms with Crippen molar-refractivity contribution in [1.29, 1.82) is 0 Å². The molecule has 2 aliphatic heterocycles. The summed E-state index contributed by atoms with van der Waals surface area (Å²) in [6.45, 7) is 3.00. The van der Waals surface area contributed by atoms with Crippen LogP contribution in [0.25, 0.3) is 0 Å². The zero-order valence-corrected chi connectivity index (χ0v) is 13.2. The van der Waals surface area contributed by atoms with Crippen LogP contribution in [0.5, 0.6) is 0 Å². The van der Waals surface area contributed by atoms with Gasteiger partial charge < -0.3 is 9.80 Å². The minimum absolute atomic E-state index is 0.0514. The van der Waals surface area contributed by atoms with Gasteiger partial charge in [0.25, 0.3) is 5.91 Å². The third-order valence-corrected chi connectivity index (χ3v) is 5.04. The van der Waals surface area contributed by atoms with Crippen molar-refractivity contribution in [2.24, 2.45) is 5.41 Å². The lowest BCUT2D eigenvalue weighted by Crippen LogP contribution is -2.47. The molecule has 6 heteroatoms. The molecule has 3 nitrogen and oxygen atoms in total. The molecule has 2 heterocycles. The Morgan fingerprint density at radius 2 is 1.87 bits per heavy atom. The molecule has 0 saturated carbocycles. The first-order chi connectivity index (χ1) is 10.8. The average molecular weight is 326 g/mol. The molecular formula is C17H21F3N2O. The molecule has 2 fully saturated rings. The molecule has 0 bridgehead atoms. The number of carbonyl (C=O) groups is 1. The smallest absolute Gasteiger partial charge is 0.338 e. The van der Waals surface area contributed by atoms with Gasteiger partial charge in [0, 0.05) is 25.0 Å². The molecule has 0 aromatic heterocycles. The number of benzene rings is 1. The van der Waals surface area contributed by atoms with E-state index in [1.165, 1.54) is 18.2 Å². The van der Waals surface area contributed by atoms with Crippen LogP contribution >= 0.6 is 0 Å². The van der Waals surface area contributed by atoms with Crippen LogP contribution in [0.15, 0.2) is 24.3 Å². The Morgan fingerprint density at radius 1 is 1.13 bits per heavy atom. The minimum Gasteiger partial charge on any atom is -0.338 e. The molecule has 1 aromatic rings. The molecule has 126 valence electrons. The molecule has 1 spiro atoms. The van der Waals surface area contributed by atoms with Gasteiger partial charge in [-0.05, 0) is 45.0 Å². The summed E-state index contributed by atoms with van der Waals surface area (Å²) in [6.07, 6.45) is -1.60. The molecule has 1 aromatic carbocycles. The molecule has 0 N–H and O–H groups in total. The van der Waals surface area contributed by atoms with Gasteiger partial charge in [-0.3, -0.25) is 4.79 Å². The Balaban J connectivity index is 1.84. The summed E-state index contributed by atoms with van der Waals surface area (Å²) in [5, 5.41) is 0. The van der Waals surface area contributed by atoms with Gasteiger partial charge in [-0.15, -0.1) is 0 Å². The number of likely N-dealkylation sites (tertiary alicyclic amines) is 2. The number of halogens is 3. The fourth-order valence-electron chi connectivity index (χ4n) is 3.96. The normalized spacial score (nSPS) is 26.0. The van der Waals surface area contributed by atoms with Gasteiger partial charge in [0.1, 0.15) is 0 Å². The van der Waals surface area contributed by atoms with Crippen molar-refractivity contribution in [2.45, 2.75) is 25.4 Å². The van der Waals surface area contributed by atoms with Crippen LogP contribution in [0, 0.1) is 5.41 Å². The molecule has 0 aliphatic carbocycles. The van der Waals surface area contributed by atoms with E-state index in [0.717, 1.165) is 38.4 Å². The van der Waals surface area contributed by atoms with Gasteiger partial charge in [-0.25, -0.2) is 0 Å². The lowest BCUT2D eigenvalue weighted by molar-refractivity contribution is -0.138. The van der Waals surface area contributed by atoms with Crippen molar-refractivity contribution in [3.8, 4) is 0 Å². The second-order valence-electron chi connectivity index (χ2n) is 6.86. The first-order valence-corrected chi connectivity index (χ1v) is 7.95. The number of amides is 1. The van der Waals surface area contributed by atoms with E-state index in [1.807, 2.05) is 0 Å². The minimum atomic E-state index is -4.51. The van der Waals surface area contributed by atoms with Crippen molar-refractivity contribution in [3.05, 3.63) is 35.4 Å². The molecule has 23 heavy (non-hydrogen) atoms. The van der Waals surface area contributed by atoms with E-state index in [2.05, 4.69) is 11.9 Å². The van der Waals surface area contributed by atoms with Crippen molar-refractivity contribution in [3.63, 3.8) is 0 Å². The number of alkyl halides is 3. The molecule has 3 rings (SSSR count). The monoisotopic (exact) mass is 326 g/mol. The highest BCUT2D eigenvalue weighted by atomic mass is 19.4. The quantitative estimate of drug-likeness (QED) is 0.791. The fraction of sp³-hybridized carbons (Fsp3) is 0.588. The zero-order chi connectivity index (χ0) is 16.7. The zero-order valence-electron chi connectivity index (χ0n) is 13.2. The maximum Gasteiger partial charge on any atom is 0.417 e. The Labute approximate surface area is 134 Å². The summed E-state index contributed by atoms with van der Waals surface area (Å²) in [4.78, 5) is 16.6. The number of hydrogen-bond acceptors (Lipinski definition) is 2. The summed E-state index contributed by atoms with van der Waals surface area (Å²) < 4.78 is 39.4. The maximum atomic E-state index is 13.1. The first kappa shape index (κ1) is 16.3. The average Bonchev–Trinajstić information content (AvgIpc) is 2.86. The van der Waals surface area contributed by atoms with Crippen LogP contribution in [0.3, 0.4) is 0 Å². The highest BCUT2D eigenvalue weighted by molar-refractivity contribution is 5.96. The summed E-state index contributed by atoms with van der Waals surface area (Å²) in [5.74, 6) is -0.494. The van der Waals surface area contributed by atoms with Gasteiger partial charge in [-0.1, -0.05) is 12.1 Å². The Kier molecular flexibility index (Phi) is 4.12. The summed E-state index contributed by atoms with van der Waals surface area (Å²) >= 11 is 0. The van der Waals surface area contributed by atoms with E-state index in [4.69, 9.17) is 0 Å². The van der Waals surface area contributed by atoms with Crippen LogP contribution in [0.4, 0.5) is 13.2 Å². The van der Waals surface area contributed by atoms with Crippen LogP contribution in [0.1, 0.15) is 35.2 Å². The number of nitrogens with zero attached hydrogens (tertiary/aromatic N) is 2. The Bertz CT molecular complexity index is 598. The molecule has 2 aliphatic rings. The first-order valence-electron chi connectivity index (χ1n) is 7.95. The van der Waals surface area contributed by atoms with Crippen LogP contribution in [-0.4, -0.2) is 48.9 Å². The van der Waals surface area contributed by atoms with Crippen molar-refractivity contribution < 1.29 is 18.0 Å². The number of piperidine rings is 1. The van der Waals surface area contributed by atoms with E-state index in [1.54, 1.807) is 4.90 Å².